The Labute approximate surface area is 121 Å². The minimum Gasteiger partial charge on any atom is -0.258 e. The summed E-state index contributed by atoms with van der Waals surface area (Å²) in [5, 5.41) is 14.8. The number of aryl methyl sites for hydroxylation is 1. The smallest absolute Gasteiger partial charge is 0.258 e. The molecule has 5 nitrogen and oxygen atoms in total. The second-order valence-corrected chi connectivity index (χ2v) is 5.28. The zero-order valence-corrected chi connectivity index (χ0v) is 12.2. The number of nitro groups is 1. The second-order valence-electron chi connectivity index (χ2n) is 4.36. The van der Waals surface area contributed by atoms with Crippen molar-refractivity contribution in [3.63, 3.8) is 0 Å². The normalized spacial score (nSPS) is 11.7. The van der Waals surface area contributed by atoms with Crippen molar-refractivity contribution in [2.24, 2.45) is 0 Å². The Hall–Kier alpha value is -1.83. The highest BCUT2D eigenvalue weighted by Gasteiger charge is 2.29. The number of nitrogens with zero attached hydrogens (tertiary/aromatic N) is 3. The lowest BCUT2D eigenvalue weighted by Gasteiger charge is -2.07. The first-order valence-electron chi connectivity index (χ1n) is 5.59. The van der Waals surface area contributed by atoms with Crippen molar-refractivity contribution >= 4 is 21.6 Å². The van der Waals surface area contributed by atoms with E-state index in [0.29, 0.717) is 10.2 Å². The summed E-state index contributed by atoms with van der Waals surface area (Å²) >= 11 is 3.14. The van der Waals surface area contributed by atoms with E-state index in [1.54, 1.807) is 13.0 Å². The minimum atomic E-state index is -3.10. The lowest BCUT2D eigenvalue weighted by atomic mass is 10.2. The van der Waals surface area contributed by atoms with Crippen LogP contribution in [0.4, 0.5) is 14.5 Å². The van der Waals surface area contributed by atoms with Gasteiger partial charge in [0.15, 0.2) is 0 Å². The van der Waals surface area contributed by atoms with Crippen molar-refractivity contribution in [3.05, 3.63) is 50.2 Å². The second kappa shape index (κ2) is 4.93. The molecule has 0 fully saturated rings. The number of hydrogen-bond donors (Lipinski definition) is 0. The van der Waals surface area contributed by atoms with Crippen LogP contribution in [0.25, 0.3) is 5.69 Å². The molecule has 0 bridgehead atoms. The number of nitro benzene ring substituents is 1. The highest BCUT2D eigenvalue weighted by molar-refractivity contribution is 9.10. The van der Waals surface area contributed by atoms with E-state index in [0.717, 1.165) is 11.6 Å². The maximum Gasteiger partial charge on any atom is 0.296 e. The molecule has 1 aromatic heterocycles. The van der Waals surface area contributed by atoms with Crippen molar-refractivity contribution < 1.29 is 13.7 Å². The average molecular weight is 346 g/mol. The van der Waals surface area contributed by atoms with Gasteiger partial charge in [-0.05, 0) is 25.1 Å². The lowest BCUT2D eigenvalue weighted by molar-refractivity contribution is -0.384. The molecule has 0 atom stereocenters. The van der Waals surface area contributed by atoms with Gasteiger partial charge in [-0.3, -0.25) is 10.1 Å². The molecule has 8 heteroatoms. The maximum absolute atomic E-state index is 13.3. The largest absolute Gasteiger partial charge is 0.296 e. The first kappa shape index (κ1) is 14.6. The summed E-state index contributed by atoms with van der Waals surface area (Å²) in [6.07, 6.45) is 0. The molecule has 0 aliphatic carbocycles. The van der Waals surface area contributed by atoms with Crippen LogP contribution in [-0.2, 0) is 5.92 Å². The lowest BCUT2D eigenvalue weighted by Crippen LogP contribution is -2.09. The molecule has 0 aliphatic heterocycles. The zero-order valence-electron chi connectivity index (χ0n) is 10.6. The Balaban J connectivity index is 2.63. The van der Waals surface area contributed by atoms with E-state index in [9.17, 15) is 18.9 Å². The van der Waals surface area contributed by atoms with Gasteiger partial charge in [-0.25, -0.2) is 4.68 Å². The Kier molecular flexibility index (Phi) is 3.59. The molecule has 0 radical (unpaired) electrons. The van der Waals surface area contributed by atoms with Gasteiger partial charge >= 0.3 is 0 Å². The van der Waals surface area contributed by atoms with E-state index in [1.165, 1.54) is 18.2 Å². The van der Waals surface area contributed by atoms with Crippen molar-refractivity contribution in [2.45, 2.75) is 19.8 Å². The summed E-state index contributed by atoms with van der Waals surface area (Å²) < 4.78 is 28.2. The van der Waals surface area contributed by atoms with Gasteiger partial charge in [-0.2, -0.15) is 13.9 Å². The molecule has 0 aliphatic rings. The number of alkyl halides is 2. The van der Waals surface area contributed by atoms with Crippen LogP contribution in [0.5, 0.6) is 0 Å². The van der Waals surface area contributed by atoms with E-state index in [2.05, 4.69) is 21.0 Å². The van der Waals surface area contributed by atoms with E-state index in [1.807, 2.05) is 0 Å². The summed E-state index contributed by atoms with van der Waals surface area (Å²) in [5.41, 5.74) is -0.0955. The molecule has 2 aromatic rings. The van der Waals surface area contributed by atoms with Crippen LogP contribution in [-0.4, -0.2) is 14.7 Å². The summed E-state index contributed by atoms with van der Waals surface area (Å²) in [5.74, 6) is -3.10. The Bertz CT molecular complexity index is 680. The molecule has 0 saturated heterocycles. The van der Waals surface area contributed by atoms with Gasteiger partial charge in [0.2, 0.25) is 0 Å². The van der Waals surface area contributed by atoms with E-state index in [4.69, 9.17) is 0 Å². The third-order valence-corrected chi connectivity index (χ3v) is 3.19. The summed E-state index contributed by atoms with van der Waals surface area (Å²) in [6, 6.07) is 5.57. The number of hydrogen-bond acceptors (Lipinski definition) is 3. The highest BCUT2D eigenvalue weighted by atomic mass is 79.9. The zero-order chi connectivity index (χ0) is 15.1. The SMILES string of the molecule is Cc1cc(C(C)(F)F)nn1-c1ccc(Br)cc1[N+](=O)[O-]. The van der Waals surface area contributed by atoms with Gasteiger partial charge in [-0.1, -0.05) is 15.9 Å². The molecule has 0 N–H and O–H groups in total. The molecular weight excluding hydrogens is 336 g/mol. The molecule has 2 rings (SSSR count). The van der Waals surface area contributed by atoms with Crippen LogP contribution in [0, 0.1) is 17.0 Å². The monoisotopic (exact) mass is 345 g/mol. The first-order chi connectivity index (χ1) is 9.20. The van der Waals surface area contributed by atoms with E-state index in [-0.39, 0.29) is 11.4 Å². The van der Waals surface area contributed by atoms with Gasteiger partial charge in [-0.15, -0.1) is 0 Å². The van der Waals surface area contributed by atoms with Gasteiger partial charge in [0.1, 0.15) is 11.4 Å². The molecular formula is C12H10BrF2N3O2. The van der Waals surface area contributed by atoms with Crippen LogP contribution in [0.3, 0.4) is 0 Å². The molecule has 0 spiro atoms. The number of rotatable bonds is 3. The Morgan fingerprint density at radius 3 is 2.55 bits per heavy atom. The van der Waals surface area contributed by atoms with Crippen LogP contribution in [0.2, 0.25) is 0 Å². The van der Waals surface area contributed by atoms with Gasteiger partial charge in [0.25, 0.3) is 11.6 Å². The molecule has 0 unspecified atom stereocenters. The fourth-order valence-corrected chi connectivity index (χ4v) is 2.10. The number of halogens is 3. The quantitative estimate of drug-likeness (QED) is 0.624. The third-order valence-electron chi connectivity index (χ3n) is 2.70. The molecule has 1 heterocycles. The molecule has 20 heavy (non-hydrogen) atoms. The standard InChI is InChI=1S/C12H10BrF2N3O2/c1-7-5-11(12(2,14)15)16-17(7)9-4-3-8(13)6-10(9)18(19)20/h3-6H,1-2H3. The topological polar surface area (TPSA) is 61.0 Å². The van der Waals surface area contributed by atoms with Crippen LogP contribution in [0.1, 0.15) is 18.3 Å². The van der Waals surface area contributed by atoms with E-state index < -0.39 is 16.5 Å². The predicted molar refractivity (Wildman–Crippen MR) is 72.2 cm³/mol. The summed E-state index contributed by atoms with van der Waals surface area (Å²) in [7, 11) is 0. The van der Waals surface area contributed by atoms with Crippen molar-refractivity contribution in [1.82, 2.24) is 9.78 Å². The molecule has 0 saturated carbocycles. The van der Waals surface area contributed by atoms with E-state index >= 15 is 0 Å². The van der Waals surface area contributed by atoms with Gasteiger partial charge in [0.05, 0.1) is 4.92 Å². The van der Waals surface area contributed by atoms with Crippen molar-refractivity contribution in [3.8, 4) is 5.69 Å². The van der Waals surface area contributed by atoms with Crippen molar-refractivity contribution in [1.29, 1.82) is 0 Å². The first-order valence-corrected chi connectivity index (χ1v) is 6.38. The predicted octanol–water partition coefficient (Wildman–Crippen LogP) is 3.96. The Morgan fingerprint density at radius 1 is 1.40 bits per heavy atom. The number of aromatic nitrogens is 2. The fourth-order valence-electron chi connectivity index (χ4n) is 1.75. The minimum absolute atomic E-state index is 0.145. The molecule has 106 valence electrons. The third kappa shape index (κ3) is 2.69. The maximum atomic E-state index is 13.3. The van der Waals surface area contributed by atoms with Crippen molar-refractivity contribution in [2.75, 3.05) is 0 Å². The van der Waals surface area contributed by atoms with Crippen LogP contribution < -0.4 is 0 Å². The summed E-state index contributed by atoms with van der Waals surface area (Å²) in [4.78, 5) is 10.5. The van der Waals surface area contributed by atoms with Crippen LogP contribution >= 0.6 is 15.9 Å². The average Bonchev–Trinajstić information content (AvgIpc) is 2.71. The fraction of sp³-hybridized carbons (Fsp3) is 0.250. The van der Waals surface area contributed by atoms with Gasteiger partial charge < -0.3 is 0 Å². The number of benzene rings is 1. The molecule has 0 amide bonds. The van der Waals surface area contributed by atoms with Gasteiger partial charge in [0, 0.05) is 23.2 Å². The molecule has 1 aromatic carbocycles. The summed E-state index contributed by atoms with van der Waals surface area (Å²) in [6.45, 7) is 2.29. The Morgan fingerprint density at radius 2 is 2.05 bits per heavy atom. The highest BCUT2D eigenvalue weighted by Crippen LogP contribution is 2.31. The van der Waals surface area contributed by atoms with Crippen LogP contribution in [0.15, 0.2) is 28.7 Å².